The van der Waals surface area contributed by atoms with Crippen molar-refractivity contribution in [3.8, 4) is 0 Å². The third-order valence-electron chi connectivity index (χ3n) is 2.94. The normalized spacial score (nSPS) is 10.2. The van der Waals surface area contributed by atoms with E-state index in [1.54, 1.807) is 0 Å². The number of aryl methyl sites for hydroxylation is 2. The van der Waals surface area contributed by atoms with Crippen molar-refractivity contribution in [1.82, 2.24) is 0 Å². The van der Waals surface area contributed by atoms with Crippen LogP contribution in [0.5, 0.6) is 0 Å². The van der Waals surface area contributed by atoms with Crippen molar-refractivity contribution in [2.24, 2.45) is 0 Å². The number of hydrogen-bond acceptors (Lipinski definition) is 1. The van der Waals surface area contributed by atoms with Gasteiger partial charge in [0.1, 0.15) is 5.88 Å². The lowest BCUT2D eigenvalue weighted by Gasteiger charge is -2.10. The van der Waals surface area contributed by atoms with Gasteiger partial charge in [-0.05, 0) is 30.0 Å². The summed E-state index contributed by atoms with van der Waals surface area (Å²) in [5, 5.41) is 2.83. The van der Waals surface area contributed by atoms with E-state index in [0.29, 0.717) is 0 Å². The second kappa shape index (κ2) is 6.95. The van der Waals surface area contributed by atoms with Crippen LogP contribution >= 0.6 is 11.6 Å². The minimum absolute atomic E-state index is 0.0208. The third kappa shape index (κ3) is 4.11. The number of alkyl halides is 1. The number of anilines is 1. The molecule has 1 N–H and O–H groups in total. The van der Waals surface area contributed by atoms with E-state index in [4.69, 9.17) is 11.6 Å². The first-order chi connectivity index (χ1) is 9.29. The smallest absolute Gasteiger partial charge is 0.239 e. The predicted molar refractivity (Wildman–Crippen MR) is 79.6 cm³/mol. The van der Waals surface area contributed by atoms with Crippen LogP contribution in [0.3, 0.4) is 0 Å². The van der Waals surface area contributed by atoms with Crippen LogP contribution in [-0.4, -0.2) is 11.8 Å². The molecular formula is C16H16ClNO. The third-order valence-corrected chi connectivity index (χ3v) is 3.18. The van der Waals surface area contributed by atoms with Crippen molar-refractivity contribution in [1.29, 1.82) is 0 Å². The summed E-state index contributed by atoms with van der Waals surface area (Å²) in [5.41, 5.74) is 3.27. The highest BCUT2D eigenvalue weighted by atomic mass is 35.5. The first-order valence-corrected chi connectivity index (χ1v) is 6.80. The number of para-hydroxylation sites is 1. The van der Waals surface area contributed by atoms with Crippen molar-refractivity contribution in [3.05, 3.63) is 65.7 Å². The molecule has 0 bridgehead atoms. The molecule has 19 heavy (non-hydrogen) atoms. The molecule has 2 aromatic carbocycles. The fraction of sp³-hybridized carbons (Fsp3) is 0.188. The van der Waals surface area contributed by atoms with Crippen molar-refractivity contribution in [2.75, 3.05) is 11.2 Å². The number of rotatable bonds is 5. The van der Waals surface area contributed by atoms with Gasteiger partial charge in [-0.25, -0.2) is 0 Å². The second-order valence-corrected chi connectivity index (χ2v) is 4.59. The Labute approximate surface area is 118 Å². The molecule has 0 radical (unpaired) electrons. The highest BCUT2D eigenvalue weighted by Gasteiger charge is 2.05. The minimum atomic E-state index is -0.172. The van der Waals surface area contributed by atoms with Crippen molar-refractivity contribution in [3.63, 3.8) is 0 Å². The van der Waals surface area contributed by atoms with E-state index in [-0.39, 0.29) is 11.8 Å². The SMILES string of the molecule is O=C(CCl)Nc1ccccc1CCc1ccccc1. The summed E-state index contributed by atoms with van der Waals surface area (Å²) in [6, 6.07) is 18.1. The molecular weight excluding hydrogens is 258 g/mol. The number of benzene rings is 2. The lowest BCUT2D eigenvalue weighted by atomic mass is 10.0. The maximum atomic E-state index is 11.4. The number of carbonyl (C=O) groups is 1. The average molecular weight is 274 g/mol. The highest BCUT2D eigenvalue weighted by molar-refractivity contribution is 6.29. The van der Waals surface area contributed by atoms with E-state index in [2.05, 4.69) is 17.4 Å². The summed E-state index contributed by atoms with van der Waals surface area (Å²) in [7, 11) is 0. The van der Waals surface area contributed by atoms with E-state index < -0.39 is 0 Å². The topological polar surface area (TPSA) is 29.1 Å². The minimum Gasteiger partial charge on any atom is -0.325 e. The largest absolute Gasteiger partial charge is 0.325 e. The van der Waals surface area contributed by atoms with Crippen LogP contribution in [-0.2, 0) is 17.6 Å². The van der Waals surface area contributed by atoms with Crippen molar-refractivity contribution >= 4 is 23.2 Å². The molecule has 0 unspecified atom stereocenters. The van der Waals surface area contributed by atoms with E-state index in [1.807, 2.05) is 42.5 Å². The first kappa shape index (κ1) is 13.6. The molecule has 0 aromatic heterocycles. The summed E-state index contributed by atoms with van der Waals surface area (Å²) in [6.07, 6.45) is 1.84. The highest BCUT2D eigenvalue weighted by Crippen LogP contribution is 2.17. The van der Waals surface area contributed by atoms with Gasteiger partial charge in [-0.15, -0.1) is 11.6 Å². The van der Waals surface area contributed by atoms with E-state index in [0.717, 1.165) is 24.1 Å². The Morgan fingerprint density at radius 1 is 0.947 bits per heavy atom. The maximum absolute atomic E-state index is 11.4. The molecule has 0 aliphatic heterocycles. The van der Waals surface area contributed by atoms with Crippen LogP contribution in [0, 0.1) is 0 Å². The molecule has 0 aliphatic carbocycles. The Morgan fingerprint density at radius 3 is 2.37 bits per heavy atom. The molecule has 2 rings (SSSR count). The summed E-state index contributed by atoms with van der Waals surface area (Å²) in [5.74, 6) is -0.193. The number of nitrogens with one attached hydrogen (secondary N) is 1. The van der Waals surface area contributed by atoms with Crippen molar-refractivity contribution in [2.45, 2.75) is 12.8 Å². The lowest BCUT2D eigenvalue weighted by Crippen LogP contribution is -2.14. The maximum Gasteiger partial charge on any atom is 0.239 e. The average Bonchev–Trinajstić information content (AvgIpc) is 2.47. The molecule has 1 amide bonds. The van der Waals surface area contributed by atoms with E-state index in [9.17, 15) is 4.79 Å². The summed E-state index contributed by atoms with van der Waals surface area (Å²) >= 11 is 5.52. The van der Waals surface area contributed by atoms with E-state index >= 15 is 0 Å². The fourth-order valence-corrected chi connectivity index (χ4v) is 2.03. The van der Waals surface area contributed by atoms with E-state index in [1.165, 1.54) is 5.56 Å². The Kier molecular flexibility index (Phi) is 4.99. The zero-order valence-electron chi connectivity index (χ0n) is 10.6. The molecule has 0 fully saturated rings. The Hall–Kier alpha value is -1.80. The monoisotopic (exact) mass is 273 g/mol. The summed E-state index contributed by atoms with van der Waals surface area (Å²) in [6.45, 7) is 0. The molecule has 3 heteroatoms. The fourth-order valence-electron chi connectivity index (χ4n) is 1.97. The molecule has 0 spiro atoms. The number of carbonyl (C=O) groups excluding carboxylic acids is 1. The number of hydrogen-bond donors (Lipinski definition) is 1. The quantitative estimate of drug-likeness (QED) is 0.828. The zero-order valence-corrected chi connectivity index (χ0v) is 11.4. The van der Waals surface area contributed by atoms with Gasteiger partial charge in [-0.2, -0.15) is 0 Å². The van der Waals surface area contributed by atoms with Gasteiger partial charge in [0.2, 0.25) is 5.91 Å². The first-order valence-electron chi connectivity index (χ1n) is 6.27. The van der Waals surface area contributed by atoms with Crippen LogP contribution in [0.1, 0.15) is 11.1 Å². The summed E-state index contributed by atoms with van der Waals surface area (Å²) in [4.78, 5) is 11.4. The molecule has 0 aliphatic rings. The molecule has 0 heterocycles. The molecule has 0 atom stereocenters. The Morgan fingerprint density at radius 2 is 1.63 bits per heavy atom. The molecule has 98 valence electrons. The van der Waals surface area contributed by atoms with Gasteiger partial charge >= 0.3 is 0 Å². The Bertz CT molecular complexity index is 539. The van der Waals surface area contributed by atoms with Gasteiger partial charge in [0.05, 0.1) is 0 Å². The van der Waals surface area contributed by atoms with Gasteiger partial charge in [0.15, 0.2) is 0 Å². The molecule has 2 aromatic rings. The van der Waals surface area contributed by atoms with Gasteiger partial charge < -0.3 is 5.32 Å². The van der Waals surface area contributed by atoms with Gasteiger partial charge in [-0.1, -0.05) is 48.5 Å². The van der Waals surface area contributed by atoms with Crippen molar-refractivity contribution < 1.29 is 4.79 Å². The van der Waals surface area contributed by atoms with Gasteiger partial charge in [0.25, 0.3) is 0 Å². The van der Waals surface area contributed by atoms with Crippen LogP contribution in [0.4, 0.5) is 5.69 Å². The second-order valence-electron chi connectivity index (χ2n) is 4.32. The standard InChI is InChI=1S/C16H16ClNO/c17-12-16(19)18-15-9-5-4-8-14(15)11-10-13-6-2-1-3-7-13/h1-9H,10-12H2,(H,18,19). The van der Waals surface area contributed by atoms with Gasteiger partial charge in [0, 0.05) is 5.69 Å². The molecule has 0 saturated carbocycles. The van der Waals surface area contributed by atoms with Crippen LogP contribution in [0.2, 0.25) is 0 Å². The predicted octanol–water partition coefficient (Wildman–Crippen LogP) is 3.65. The number of halogens is 1. The Balaban J connectivity index is 2.05. The number of amides is 1. The molecule has 0 saturated heterocycles. The lowest BCUT2D eigenvalue weighted by molar-refractivity contribution is -0.113. The molecule has 2 nitrogen and oxygen atoms in total. The van der Waals surface area contributed by atoms with Gasteiger partial charge in [-0.3, -0.25) is 4.79 Å². The van der Waals surface area contributed by atoms with Crippen LogP contribution in [0.25, 0.3) is 0 Å². The van der Waals surface area contributed by atoms with Crippen LogP contribution < -0.4 is 5.32 Å². The van der Waals surface area contributed by atoms with Crippen LogP contribution in [0.15, 0.2) is 54.6 Å². The zero-order chi connectivity index (χ0) is 13.5. The summed E-state index contributed by atoms with van der Waals surface area (Å²) < 4.78 is 0.